The molecule has 0 spiro atoms. The van der Waals surface area contributed by atoms with Gasteiger partial charge in [-0.2, -0.15) is 0 Å². The first-order chi connectivity index (χ1) is 17.2. The number of nitrogens with zero attached hydrogens (tertiary/aromatic N) is 3. The van der Waals surface area contributed by atoms with Crippen molar-refractivity contribution in [3.63, 3.8) is 0 Å². The number of nitrogens with one attached hydrogen (secondary N) is 1. The highest BCUT2D eigenvalue weighted by Gasteiger charge is 2.53. The van der Waals surface area contributed by atoms with Gasteiger partial charge >= 0.3 is 9.80 Å². The highest BCUT2D eigenvalue weighted by atomic mass is 127. The van der Waals surface area contributed by atoms with E-state index in [1.807, 2.05) is 4.57 Å². The number of amides is 2. The molecule has 0 radical (unpaired) electrons. The molecule has 0 aliphatic carbocycles. The van der Waals surface area contributed by atoms with Gasteiger partial charge in [-0.3, -0.25) is 14.5 Å². The maximum absolute atomic E-state index is 12.8. The van der Waals surface area contributed by atoms with Gasteiger partial charge in [0.1, 0.15) is 23.7 Å². The number of carboxylic acid groups (broad SMARTS) is 1. The second-order valence-corrected chi connectivity index (χ2v) is 11.6. The molecular weight excluding hydrogens is 660 g/mol. The van der Waals surface area contributed by atoms with E-state index in [4.69, 9.17) is 28.9 Å². The van der Waals surface area contributed by atoms with Gasteiger partial charge in [-0.05, 0) is 34.8 Å². The van der Waals surface area contributed by atoms with Gasteiger partial charge in [0.25, 0.3) is 5.91 Å². The predicted molar refractivity (Wildman–Crippen MR) is 148 cm³/mol. The molecule has 1 aromatic carbocycles. The smallest absolute Gasteiger partial charge is 0.360 e. The van der Waals surface area contributed by atoms with Crippen molar-refractivity contribution >= 4 is 92.9 Å². The number of allylic oxidation sites excluding steroid dienone is 2. The minimum Gasteiger partial charge on any atom is -0.477 e. The van der Waals surface area contributed by atoms with Crippen LogP contribution in [0.4, 0.5) is 5.82 Å². The van der Waals surface area contributed by atoms with Crippen LogP contribution in [0.25, 0.3) is 0 Å². The molecule has 1 fully saturated rings. The fourth-order valence-electron chi connectivity index (χ4n) is 3.60. The molecular formula is C22H19Cl2IN5O4S2+. The summed E-state index contributed by atoms with van der Waals surface area (Å²) < 4.78 is 2.54. The van der Waals surface area contributed by atoms with Crippen molar-refractivity contribution in [3.8, 4) is 0 Å². The van der Waals surface area contributed by atoms with Gasteiger partial charge in [-0.15, -0.1) is 23.5 Å². The van der Waals surface area contributed by atoms with Crippen LogP contribution in [0.2, 0.25) is 10.0 Å². The number of β-lactam (4-membered cyclic amide) rings is 1. The minimum atomic E-state index is -1.19. The van der Waals surface area contributed by atoms with Crippen LogP contribution in [0.3, 0.4) is 0 Å². The number of carbonyl (C=O) groups is 3. The molecule has 2 aliphatic rings. The number of nitrogens with two attached hydrogens (primary N) is 1. The minimum absolute atomic E-state index is 0.0350. The molecule has 2 amide bonds. The molecule has 3 heterocycles. The number of anilines is 1. The first kappa shape index (κ1) is 27.0. The maximum Gasteiger partial charge on any atom is 0.360 e. The summed E-state index contributed by atoms with van der Waals surface area (Å²) in [7, 11) is 0. The van der Waals surface area contributed by atoms with Gasteiger partial charge in [0.05, 0.1) is 39.6 Å². The van der Waals surface area contributed by atoms with Gasteiger partial charge in [0.15, 0.2) is 0 Å². The lowest BCUT2D eigenvalue weighted by Gasteiger charge is -2.49. The number of hydrogen-bond acceptors (Lipinski definition) is 7. The van der Waals surface area contributed by atoms with Crippen LogP contribution in [-0.4, -0.2) is 55.7 Å². The Morgan fingerprint density at radius 1 is 1.39 bits per heavy atom. The average molecular weight is 679 g/mol. The summed E-state index contributed by atoms with van der Waals surface area (Å²) >= 11 is 16.8. The van der Waals surface area contributed by atoms with E-state index in [0.29, 0.717) is 42.5 Å². The number of hydrogen-bond donors (Lipinski definition) is 3. The van der Waals surface area contributed by atoms with Crippen molar-refractivity contribution < 1.29 is 24.1 Å². The van der Waals surface area contributed by atoms with Gasteiger partial charge in [-0.25, -0.2) is 9.36 Å². The number of rotatable bonds is 8. The van der Waals surface area contributed by atoms with Crippen LogP contribution in [0, 0.1) is 3.83 Å². The number of aromatic nitrogens is 2. The largest absolute Gasteiger partial charge is 0.477 e. The van der Waals surface area contributed by atoms with Crippen molar-refractivity contribution in [2.75, 3.05) is 17.2 Å². The van der Waals surface area contributed by atoms with Crippen molar-refractivity contribution in [2.45, 2.75) is 22.9 Å². The van der Waals surface area contributed by atoms with E-state index in [1.54, 1.807) is 42.6 Å². The number of halogens is 3. The molecule has 36 heavy (non-hydrogen) atoms. The lowest BCUT2D eigenvalue weighted by atomic mass is 10.0. The third kappa shape index (κ3) is 5.93. The Balaban J connectivity index is 1.40. The lowest BCUT2D eigenvalue weighted by Crippen LogP contribution is -2.70. The topological polar surface area (TPSA) is 130 Å². The number of carboxylic acids is 1. The van der Waals surface area contributed by atoms with Crippen LogP contribution in [0.1, 0.15) is 0 Å². The Bertz CT molecular complexity index is 1310. The second kappa shape index (κ2) is 11.6. The highest BCUT2D eigenvalue weighted by Crippen LogP contribution is 2.40. The van der Waals surface area contributed by atoms with Gasteiger partial charge in [0, 0.05) is 21.7 Å². The molecule has 2 atom stereocenters. The molecule has 1 aromatic heterocycles. The molecule has 0 unspecified atom stereocenters. The van der Waals surface area contributed by atoms with Gasteiger partial charge in [-0.1, -0.05) is 29.3 Å². The first-order valence-corrected chi connectivity index (χ1v) is 14.3. The highest BCUT2D eigenvalue weighted by molar-refractivity contribution is 14.1. The van der Waals surface area contributed by atoms with Crippen molar-refractivity contribution in [1.29, 1.82) is 0 Å². The zero-order chi connectivity index (χ0) is 26.0. The Morgan fingerprint density at radius 2 is 2.17 bits per heavy atom. The van der Waals surface area contributed by atoms with Crippen molar-refractivity contribution in [1.82, 2.24) is 15.2 Å². The Hall–Kier alpha value is -2.00. The maximum atomic E-state index is 12.8. The number of benzene rings is 1. The predicted octanol–water partition coefficient (Wildman–Crippen LogP) is 2.95. The molecule has 1 saturated heterocycles. The standard InChI is InChI=1S/C22H18Cl2IN5O4S2/c23-12-3-4-13(24)14(8-12)35-10-16(31)28-17-19(32)30-18(21(33)34)11(9-36-20(17)30)2-1-6-29-7-5-15(26)27-22(29)25/h1-5,7-8,17,20,26H,6,9-10H2,(H2,28,31,33,34)/p+1/t17-,20-/m1/s1. The number of aliphatic carboxylic acids is 1. The molecule has 9 nitrogen and oxygen atoms in total. The summed E-state index contributed by atoms with van der Waals surface area (Å²) in [4.78, 5) is 43.4. The quantitative estimate of drug-likeness (QED) is 0.128. The summed E-state index contributed by atoms with van der Waals surface area (Å²) in [6, 6.07) is 5.84. The molecule has 188 valence electrons. The van der Waals surface area contributed by atoms with Crippen LogP contribution in [0.15, 0.2) is 58.8 Å². The summed E-state index contributed by atoms with van der Waals surface area (Å²) in [6.45, 7) is 0.455. The third-order valence-corrected chi connectivity index (χ3v) is 9.17. The van der Waals surface area contributed by atoms with Crippen LogP contribution in [0.5, 0.6) is 0 Å². The molecule has 0 bridgehead atoms. The van der Waals surface area contributed by atoms with Gasteiger partial charge in [0.2, 0.25) is 11.7 Å². The Labute approximate surface area is 238 Å². The monoisotopic (exact) mass is 678 g/mol. The van der Waals surface area contributed by atoms with Crippen LogP contribution in [-0.2, 0) is 20.9 Å². The van der Waals surface area contributed by atoms with Gasteiger partial charge < -0.3 is 16.2 Å². The van der Waals surface area contributed by atoms with E-state index >= 15 is 0 Å². The van der Waals surface area contributed by atoms with E-state index in [9.17, 15) is 19.5 Å². The lowest BCUT2D eigenvalue weighted by molar-refractivity contribution is -0.702. The fourth-order valence-corrected chi connectivity index (χ4v) is 6.86. The summed E-state index contributed by atoms with van der Waals surface area (Å²) in [5.74, 6) is -1.18. The third-order valence-electron chi connectivity index (χ3n) is 5.27. The molecule has 2 aromatic rings. The Kier molecular flexibility index (Phi) is 8.71. The van der Waals surface area contributed by atoms with Crippen molar-refractivity contribution in [2.24, 2.45) is 0 Å². The molecule has 14 heteroatoms. The zero-order valence-corrected chi connectivity index (χ0v) is 23.7. The number of fused-ring (bicyclic) bond motifs is 1. The molecule has 0 saturated carbocycles. The summed E-state index contributed by atoms with van der Waals surface area (Å²) in [5.41, 5.74) is 6.12. The normalized spacial score (nSPS) is 19.3. The SMILES string of the molecule is Nc1cc[n+](CC=CC2=C(C(=O)O)N3C(=O)[C@@H](NC(=O)CSc4cc(Cl)ccc4Cl)[C@H]3SC2)c(I)n1. The fraction of sp³-hybridized carbons (Fsp3) is 0.227. The summed E-state index contributed by atoms with van der Waals surface area (Å²) in [6.07, 6.45) is 5.30. The van der Waals surface area contributed by atoms with E-state index in [2.05, 4.69) is 32.9 Å². The van der Waals surface area contributed by atoms with Crippen LogP contribution < -0.4 is 15.6 Å². The van der Waals surface area contributed by atoms with Crippen molar-refractivity contribution in [3.05, 3.63) is 67.8 Å². The number of thioether (sulfide) groups is 2. The Morgan fingerprint density at radius 3 is 2.89 bits per heavy atom. The number of carbonyl (C=O) groups excluding carboxylic acids is 2. The second-order valence-electron chi connectivity index (χ2n) is 7.67. The van der Waals surface area contributed by atoms with E-state index < -0.39 is 23.3 Å². The molecule has 4 rings (SSSR count). The zero-order valence-electron chi connectivity index (χ0n) is 18.4. The van der Waals surface area contributed by atoms with E-state index in [-0.39, 0.29) is 17.4 Å². The van der Waals surface area contributed by atoms with E-state index in [1.165, 1.54) is 28.4 Å². The molecule has 2 aliphatic heterocycles. The number of nitrogen functional groups attached to an aromatic ring is 1. The average Bonchev–Trinajstić information content (AvgIpc) is 2.83. The van der Waals surface area contributed by atoms with Crippen LogP contribution >= 0.6 is 69.3 Å². The van der Waals surface area contributed by atoms with E-state index in [0.717, 1.165) is 0 Å². The first-order valence-electron chi connectivity index (χ1n) is 10.4. The molecule has 4 N–H and O–H groups in total. The summed E-state index contributed by atoms with van der Waals surface area (Å²) in [5, 5.41) is 13.0.